The number of carbonyl (C=O) groups is 2. The van der Waals surface area contributed by atoms with E-state index >= 15 is 0 Å². The molecule has 20 heavy (non-hydrogen) atoms. The number of aryl methyl sites for hydroxylation is 1. The standard InChI is InChI=1S/C14H13N3O3.H2/c1-8-3-2-4-9-12(8)14(20)17(7-15-9)10-5-6-11(18)16-13(10)19;/h2-4,7,10H,5-6H2,1H3,(H,16,18,19);1H. The fraction of sp³-hybridized carbons (Fsp3) is 0.286. The Kier molecular flexibility index (Phi) is 2.85. The van der Waals surface area contributed by atoms with Crippen molar-refractivity contribution in [3.05, 3.63) is 40.4 Å². The maximum absolute atomic E-state index is 12.5. The largest absolute Gasteiger partial charge is 0.295 e. The lowest BCUT2D eigenvalue weighted by Gasteiger charge is -2.22. The van der Waals surface area contributed by atoms with Crippen LogP contribution in [0.25, 0.3) is 10.9 Å². The maximum Gasteiger partial charge on any atom is 0.262 e. The molecule has 6 heteroatoms. The number of aromatic nitrogens is 2. The summed E-state index contributed by atoms with van der Waals surface area (Å²) < 4.78 is 1.32. The van der Waals surface area contributed by atoms with Crippen molar-refractivity contribution in [2.24, 2.45) is 0 Å². The van der Waals surface area contributed by atoms with Gasteiger partial charge in [0.2, 0.25) is 11.8 Å². The molecule has 1 fully saturated rings. The van der Waals surface area contributed by atoms with Crippen molar-refractivity contribution in [3.63, 3.8) is 0 Å². The lowest BCUT2D eigenvalue weighted by Crippen LogP contribution is -2.44. The van der Waals surface area contributed by atoms with E-state index in [9.17, 15) is 14.4 Å². The first-order valence-electron chi connectivity index (χ1n) is 6.38. The molecular formula is C14H15N3O3. The number of benzene rings is 1. The predicted molar refractivity (Wildman–Crippen MR) is 74.3 cm³/mol. The fourth-order valence-electron chi connectivity index (χ4n) is 2.51. The zero-order chi connectivity index (χ0) is 14.3. The van der Waals surface area contributed by atoms with E-state index in [1.165, 1.54) is 10.9 Å². The van der Waals surface area contributed by atoms with Gasteiger partial charge in [-0.25, -0.2) is 4.98 Å². The number of imide groups is 1. The monoisotopic (exact) mass is 273 g/mol. The highest BCUT2D eigenvalue weighted by molar-refractivity contribution is 5.99. The number of piperidine rings is 1. The third kappa shape index (κ3) is 1.89. The molecule has 0 saturated carbocycles. The molecule has 1 N–H and O–H groups in total. The third-order valence-electron chi connectivity index (χ3n) is 3.57. The average molecular weight is 273 g/mol. The van der Waals surface area contributed by atoms with Crippen LogP contribution in [-0.2, 0) is 9.59 Å². The van der Waals surface area contributed by atoms with E-state index in [4.69, 9.17) is 0 Å². The number of fused-ring (bicyclic) bond motifs is 1. The zero-order valence-electron chi connectivity index (χ0n) is 10.9. The molecule has 1 aromatic carbocycles. The first-order chi connectivity index (χ1) is 9.58. The van der Waals surface area contributed by atoms with Gasteiger partial charge in [0.15, 0.2) is 0 Å². The Balaban J connectivity index is 0.00000161. The van der Waals surface area contributed by atoms with Gasteiger partial charge in [0.05, 0.1) is 17.2 Å². The number of hydrogen-bond donors (Lipinski definition) is 1. The van der Waals surface area contributed by atoms with E-state index in [2.05, 4.69) is 10.3 Å². The normalized spacial score (nSPS) is 19.1. The summed E-state index contributed by atoms with van der Waals surface area (Å²) in [4.78, 5) is 39.8. The smallest absolute Gasteiger partial charge is 0.262 e. The average Bonchev–Trinajstić information content (AvgIpc) is 2.40. The molecule has 1 atom stereocenters. The van der Waals surface area contributed by atoms with Crippen LogP contribution >= 0.6 is 0 Å². The van der Waals surface area contributed by atoms with Crippen LogP contribution in [0.1, 0.15) is 25.9 Å². The summed E-state index contributed by atoms with van der Waals surface area (Å²) >= 11 is 0. The second-order valence-corrected chi connectivity index (χ2v) is 4.89. The maximum atomic E-state index is 12.5. The van der Waals surface area contributed by atoms with E-state index in [-0.39, 0.29) is 19.3 Å². The van der Waals surface area contributed by atoms with Crippen molar-refractivity contribution >= 4 is 22.7 Å². The van der Waals surface area contributed by atoms with E-state index in [0.29, 0.717) is 17.3 Å². The molecule has 0 aliphatic carbocycles. The number of hydrogen-bond acceptors (Lipinski definition) is 4. The molecule has 1 aliphatic rings. The Morgan fingerprint density at radius 3 is 2.90 bits per heavy atom. The molecule has 1 aromatic heterocycles. The summed E-state index contributed by atoms with van der Waals surface area (Å²) in [7, 11) is 0. The molecule has 1 saturated heterocycles. The van der Waals surface area contributed by atoms with E-state index < -0.39 is 11.9 Å². The fourth-order valence-corrected chi connectivity index (χ4v) is 2.51. The Morgan fingerprint density at radius 1 is 1.35 bits per heavy atom. The Morgan fingerprint density at radius 2 is 2.15 bits per heavy atom. The second kappa shape index (κ2) is 4.56. The van der Waals surface area contributed by atoms with Crippen molar-refractivity contribution in [2.45, 2.75) is 25.8 Å². The molecule has 2 heterocycles. The van der Waals surface area contributed by atoms with Crippen LogP contribution in [0, 0.1) is 6.92 Å². The molecule has 104 valence electrons. The molecule has 2 amide bonds. The van der Waals surface area contributed by atoms with Crippen molar-refractivity contribution in [2.75, 3.05) is 0 Å². The van der Waals surface area contributed by atoms with Crippen molar-refractivity contribution in [1.82, 2.24) is 14.9 Å². The SMILES string of the molecule is Cc1cccc2ncn(C3CCC(=O)NC3=O)c(=O)c12.[HH]. The van der Waals surface area contributed by atoms with Gasteiger partial charge in [-0.05, 0) is 25.0 Å². The van der Waals surface area contributed by atoms with Gasteiger partial charge in [-0.1, -0.05) is 12.1 Å². The molecule has 1 unspecified atom stereocenters. The van der Waals surface area contributed by atoms with Crippen molar-refractivity contribution in [1.29, 1.82) is 0 Å². The summed E-state index contributed by atoms with van der Waals surface area (Å²) in [6.07, 6.45) is 1.93. The lowest BCUT2D eigenvalue weighted by molar-refractivity contribution is -0.135. The molecule has 0 radical (unpaired) electrons. The van der Waals surface area contributed by atoms with Gasteiger partial charge in [-0.2, -0.15) is 0 Å². The van der Waals surface area contributed by atoms with Crippen LogP contribution in [0.5, 0.6) is 0 Å². The molecule has 2 aromatic rings. The Bertz CT molecular complexity index is 785. The molecular weight excluding hydrogens is 258 g/mol. The summed E-state index contributed by atoms with van der Waals surface area (Å²) in [5.74, 6) is -0.748. The Hall–Kier alpha value is -2.50. The number of amides is 2. The van der Waals surface area contributed by atoms with Crippen LogP contribution in [-0.4, -0.2) is 21.4 Å². The van der Waals surface area contributed by atoms with Crippen LogP contribution in [0.4, 0.5) is 0 Å². The summed E-state index contributed by atoms with van der Waals surface area (Å²) in [5.41, 5.74) is 1.18. The van der Waals surface area contributed by atoms with Crippen LogP contribution < -0.4 is 10.9 Å². The molecule has 0 spiro atoms. The molecule has 3 rings (SSSR count). The summed E-state index contributed by atoms with van der Waals surface area (Å²) in [6, 6.07) is 4.76. The van der Waals surface area contributed by atoms with Crippen molar-refractivity contribution < 1.29 is 11.0 Å². The summed E-state index contributed by atoms with van der Waals surface area (Å²) in [6.45, 7) is 1.83. The third-order valence-corrected chi connectivity index (χ3v) is 3.57. The zero-order valence-corrected chi connectivity index (χ0v) is 10.9. The van der Waals surface area contributed by atoms with Crippen LogP contribution in [0.3, 0.4) is 0 Å². The highest BCUT2D eigenvalue weighted by Gasteiger charge is 2.29. The first kappa shape index (κ1) is 12.5. The Labute approximate surface area is 115 Å². The van der Waals surface area contributed by atoms with Gasteiger partial charge >= 0.3 is 0 Å². The highest BCUT2D eigenvalue weighted by atomic mass is 16.2. The van der Waals surface area contributed by atoms with Gasteiger partial charge in [-0.15, -0.1) is 0 Å². The second-order valence-electron chi connectivity index (χ2n) is 4.89. The lowest BCUT2D eigenvalue weighted by atomic mass is 10.1. The summed E-state index contributed by atoms with van der Waals surface area (Å²) in [5, 5.41) is 2.77. The van der Waals surface area contributed by atoms with E-state index in [0.717, 1.165) is 5.56 Å². The highest BCUT2D eigenvalue weighted by Crippen LogP contribution is 2.18. The topological polar surface area (TPSA) is 81.1 Å². The first-order valence-corrected chi connectivity index (χ1v) is 6.38. The number of carbonyl (C=O) groups excluding carboxylic acids is 2. The van der Waals surface area contributed by atoms with Crippen LogP contribution in [0.15, 0.2) is 29.3 Å². The number of rotatable bonds is 1. The number of nitrogens with zero attached hydrogens (tertiary/aromatic N) is 2. The van der Waals surface area contributed by atoms with Gasteiger partial charge in [0.25, 0.3) is 5.56 Å². The van der Waals surface area contributed by atoms with Gasteiger partial charge in [0.1, 0.15) is 6.04 Å². The molecule has 6 nitrogen and oxygen atoms in total. The van der Waals surface area contributed by atoms with Gasteiger partial charge < -0.3 is 0 Å². The van der Waals surface area contributed by atoms with E-state index in [1.807, 2.05) is 19.1 Å². The van der Waals surface area contributed by atoms with E-state index in [1.54, 1.807) is 6.07 Å². The van der Waals surface area contributed by atoms with Crippen LogP contribution in [0.2, 0.25) is 0 Å². The minimum atomic E-state index is -0.670. The van der Waals surface area contributed by atoms with Gasteiger partial charge in [0, 0.05) is 7.85 Å². The quantitative estimate of drug-likeness (QED) is 0.784. The minimum absolute atomic E-state index is 0. The molecule has 1 aliphatic heterocycles. The predicted octanol–water partition coefficient (Wildman–Crippen LogP) is 0.929. The minimum Gasteiger partial charge on any atom is -0.295 e. The molecule has 0 bridgehead atoms. The van der Waals surface area contributed by atoms with Gasteiger partial charge in [-0.3, -0.25) is 24.3 Å². The van der Waals surface area contributed by atoms with Crippen molar-refractivity contribution in [3.8, 4) is 0 Å². The number of nitrogens with one attached hydrogen (secondary N) is 1.